The highest BCUT2D eigenvalue weighted by molar-refractivity contribution is 7.98. The second-order valence-corrected chi connectivity index (χ2v) is 3.47. The van der Waals surface area contributed by atoms with Gasteiger partial charge in [-0.05, 0) is 24.7 Å². The molecule has 13 heavy (non-hydrogen) atoms. The minimum Gasteiger partial charge on any atom is -0.295 e. The lowest BCUT2D eigenvalue weighted by molar-refractivity contribution is 0.101. The van der Waals surface area contributed by atoms with Crippen LogP contribution in [-0.2, 0) is 0 Å². The smallest absolute Gasteiger partial charge is 0.155 e. The molecule has 0 amide bonds. The van der Waals surface area contributed by atoms with Gasteiger partial charge < -0.3 is 0 Å². The highest BCUT2D eigenvalue weighted by Crippen LogP contribution is 2.20. The van der Waals surface area contributed by atoms with Gasteiger partial charge in [0.1, 0.15) is 13.7 Å². The molecule has 1 rings (SSSR count). The largest absolute Gasteiger partial charge is 0.295 e. The zero-order chi connectivity index (χ0) is 9.84. The molecule has 1 aromatic carbocycles. The van der Waals surface area contributed by atoms with Gasteiger partial charge in [0, 0.05) is 10.5 Å². The van der Waals surface area contributed by atoms with Crippen LogP contribution in [0.5, 0.6) is 0 Å². The molecule has 68 valence electrons. The van der Waals surface area contributed by atoms with Crippen molar-refractivity contribution in [3.8, 4) is 0 Å². The molecule has 0 spiro atoms. The standard InChI is InChI=1S/C9H10BFOS/c1-13-9-3-2-6(4-7(9)11)8(12)5-10/h2-4H,5,10H2,1H3. The van der Waals surface area contributed by atoms with Crippen molar-refractivity contribution < 1.29 is 9.18 Å². The summed E-state index contributed by atoms with van der Waals surface area (Å²) in [6, 6.07) is 4.61. The molecule has 0 radical (unpaired) electrons. The number of thioether (sulfide) groups is 1. The SMILES string of the molecule is BCC(=O)c1ccc(SC)c(F)c1. The van der Waals surface area contributed by atoms with Crippen molar-refractivity contribution in [2.24, 2.45) is 0 Å². The van der Waals surface area contributed by atoms with Gasteiger partial charge in [-0.25, -0.2) is 4.39 Å². The van der Waals surface area contributed by atoms with Crippen molar-refractivity contribution in [1.82, 2.24) is 0 Å². The number of hydrogen-bond donors (Lipinski definition) is 0. The Balaban J connectivity index is 3.02. The number of hydrogen-bond acceptors (Lipinski definition) is 2. The summed E-state index contributed by atoms with van der Waals surface area (Å²) < 4.78 is 13.2. The summed E-state index contributed by atoms with van der Waals surface area (Å²) in [6.45, 7) is 0. The predicted octanol–water partition coefficient (Wildman–Crippen LogP) is 1.78. The zero-order valence-electron chi connectivity index (χ0n) is 7.63. The van der Waals surface area contributed by atoms with Crippen LogP contribution >= 0.6 is 11.8 Å². The summed E-state index contributed by atoms with van der Waals surface area (Å²) in [7, 11) is 1.77. The first-order valence-corrected chi connectivity index (χ1v) is 5.28. The summed E-state index contributed by atoms with van der Waals surface area (Å²) in [6.07, 6.45) is 2.22. The Morgan fingerprint density at radius 3 is 2.77 bits per heavy atom. The van der Waals surface area contributed by atoms with E-state index < -0.39 is 0 Å². The van der Waals surface area contributed by atoms with Crippen molar-refractivity contribution in [3.63, 3.8) is 0 Å². The van der Waals surface area contributed by atoms with Crippen molar-refractivity contribution in [3.05, 3.63) is 29.6 Å². The van der Waals surface area contributed by atoms with Gasteiger partial charge in [-0.2, -0.15) is 0 Å². The molecule has 4 heteroatoms. The monoisotopic (exact) mass is 196 g/mol. The second kappa shape index (κ2) is 4.47. The quantitative estimate of drug-likeness (QED) is 0.416. The van der Waals surface area contributed by atoms with Crippen LogP contribution < -0.4 is 0 Å². The van der Waals surface area contributed by atoms with Crippen LogP contribution in [-0.4, -0.2) is 19.9 Å². The summed E-state index contributed by atoms with van der Waals surface area (Å²) in [4.78, 5) is 11.8. The molecule has 1 nitrogen and oxygen atoms in total. The lowest BCUT2D eigenvalue weighted by atomic mass is 9.96. The average molecular weight is 196 g/mol. The van der Waals surface area contributed by atoms with E-state index in [4.69, 9.17) is 0 Å². The van der Waals surface area contributed by atoms with Crippen LogP contribution in [0.4, 0.5) is 4.39 Å². The van der Waals surface area contributed by atoms with Crippen molar-refractivity contribution >= 4 is 25.4 Å². The number of rotatable bonds is 3. The average Bonchev–Trinajstić information content (AvgIpc) is 2.16. The molecular formula is C9H10BFOS. The van der Waals surface area contributed by atoms with Crippen molar-refractivity contribution in [2.45, 2.75) is 11.2 Å². The lowest BCUT2D eigenvalue weighted by Gasteiger charge is -2.01. The fourth-order valence-corrected chi connectivity index (χ4v) is 1.50. The maximum absolute atomic E-state index is 13.2. The molecule has 0 fully saturated rings. The van der Waals surface area contributed by atoms with E-state index in [2.05, 4.69) is 0 Å². The summed E-state index contributed by atoms with van der Waals surface area (Å²) >= 11 is 1.34. The number of carbonyl (C=O) groups excluding carboxylic acids is 1. The van der Waals surface area contributed by atoms with E-state index >= 15 is 0 Å². The first-order valence-electron chi connectivity index (χ1n) is 4.05. The Hall–Kier alpha value is -0.765. The van der Waals surface area contributed by atoms with Gasteiger partial charge in [0.15, 0.2) is 5.78 Å². The molecule has 0 heterocycles. The topological polar surface area (TPSA) is 17.1 Å². The van der Waals surface area contributed by atoms with Gasteiger partial charge in [0.25, 0.3) is 0 Å². The number of halogens is 1. The Labute approximate surface area is 82.1 Å². The fourth-order valence-electron chi connectivity index (χ4n) is 1.04. The molecule has 0 atom stereocenters. The summed E-state index contributed by atoms with van der Waals surface area (Å²) in [5.74, 6) is -0.335. The molecule has 0 unspecified atom stereocenters. The zero-order valence-corrected chi connectivity index (χ0v) is 8.45. The van der Waals surface area contributed by atoms with E-state index in [1.54, 1.807) is 26.2 Å². The summed E-state index contributed by atoms with van der Waals surface area (Å²) in [5, 5.41) is 0. The van der Waals surface area contributed by atoms with E-state index in [1.807, 2.05) is 0 Å². The first-order chi connectivity index (χ1) is 6.19. The third-order valence-electron chi connectivity index (χ3n) is 1.79. The molecule has 0 N–H and O–H groups in total. The molecule has 0 aliphatic heterocycles. The Kier molecular flexibility index (Phi) is 3.54. The molecule has 0 aromatic heterocycles. The lowest BCUT2D eigenvalue weighted by Crippen LogP contribution is -1.98. The molecule has 0 aliphatic rings. The van der Waals surface area contributed by atoms with Gasteiger partial charge in [-0.3, -0.25) is 4.79 Å². The molecular weight excluding hydrogens is 186 g/mol. The van der Waals surface area contributed by atoms with E-state index in [1.165, 1.54) is 17.8 Å². The molecule has 0 saturated heterocycles. The van der Waals surface area contributed by atoms with Gasteiger partial charge in [0.2, 0.25) is 0 Å². The molecule has 0 saturated carbocycles. The highest BCUT2D eigenvalue weighted by Gasteiger charge is 2.06. The second-order valence-electron chi connectivity index (χ2n) is 2.63. The number of benzene rings is 1. The van der Waals surface area contributed by atoms with Gasteiger partial charge in [-0.1, -0.05) is 6.07 Å². The minimum absolute atomic E-state index is 0.0217. The first kappa shape index (κ1) is 10.3. The van der Waals surface area contributed by atoms with Crippen LogP contribution in [0.25, 0.3) is 0 Å². The van der Waals surface area contributed by atoms with E-state index in [0.29, 0.717) is 16.8 Å². The number of Topliss-reactive ketones (excluding diaryl/α,β-unsaturated/α-hetero) is 1. The van der Waals surface area contributed by atoms with Crippen LogP contribution in [0, 0.1) is 5.82 Å². The highest BCUT2D eigenvalue weighted by atomic mass is 32.2. The summed E-state index contributed by atoms with van der Waals surface area (Å²) in [5.41, 5.74) is 0.456. The minimum atomic E-state index is -0.313. The Morgan fingerprint density at radius 1 is 1.62 bits per heavy atom. The normalized spacial score (nSPS) is 10.0. The van der Waals surface area contributed by atoms with Crippen LogP contribution in [0.15, 0.2) is 23.1 Å². The van der Waals surface area contributed by atoms with Crippen LogP contribution in [0.2, 0.25) is 6.32 Å². The third-order valence-corrected chi connectivity index (χ3v) is 2.57. The maximum atomic E-state index is 13.2. The van der Waals surface area contributed by atoms with Gasteiger partial charge in [0.05, 0.1) is 0 Å². The van der Waals surface area contributed by atoms with E-state index in [-0.39, 0.29) is 11.6 Å². The van der Waals surface area contributed by atoms with Crippen LogP contribution in [0.3, 0.4) is 0 Å². The Morgan fingerprint density at radius 2 is 2.31 bits per heavy atom. The van der Waals surface area contributed by atoms with E-state index in [9.17, 15) is 9.18 Å². The molecule has 1 aromatic rings. The van der Waals surface area contributed by atoms with E-state index in [0.717, 1.165) is 0 Å². The Bertz CT molecular complexity index is 327. The van der Waals surface area contributed by atoms with Crippen molar-refractivity contribution in [2.75, 3.05) is 6.26 Å². The number of ketones is 1. The third kappa shape index (κ3) is 2.34. The van der Waals surface area contributed by atoms with Crippen molar-refractivity contribution in [1.29, 1.82) is 0 Å². The van der Waals surface area contributed by atoms with Gasteiger partial charge >= 0.3 is 0 Å². The number of carbonyl (C=O) groups is 1. The molecule has 0 aliphatic carbocycles. The predicted molar refractivity (Wildman–Crippen MR) is 55.9 cm³/mol. The molecule has 0 bridgehead atoms. The van der Waals surface area contributed by atoms with Gasteiger partial charge in [-0.15, -0.1) is 11.8 Å². The maximum Gasteiger partial charge on any atom is 0.155 e. The fraction of sp³-hybridized carbons (Fsp3) is 0.222. The van der Waals surface area contributed by atoms with Crippen LogP contribution in [0.1, 0.15) is 10.4 Å².